The summed E-state index contributed by atoms with van der Waals surface area (Å²) >= 11 is 0. The summed E-state index contributed by atoms with van der Waals surface area (Å²) in [7, 11) is 0. The Kier molecular flexibility index (Phi) is 6.47. The summed E-state index contributed by atoms with van der Waals surface area (Å²) in [4.78, 5) is 28.9. The lowest BCUT2D eigenvalue weighted by Crippen LogP contribution is -2.48. The SMILES string of the molecule is NC(Cc1c[nH]c2ccccc12)C(=O)N1CCC(CCCC(=O)NO)CC1. The number of hydrogen-bond acceptors (Lipinski definition) is 4. The Morgan fingerprint density at radius 1 is 1.30 bits per heavy atom. The molecule has 146 valence electrons. The van der Waals surface area contributed by atoms with E-state index in [1.165, 1.54) is 0 Å². The van der Waals surface area contributed by atoms with E-state index in [1.807, 2.05) is 35.4 Å². The first-order valence-corrected chi connectivity index (χ1v) is 9.60. The van der Waals surface area contributed by atoms with Crippen molar-refractivity contribution in [3.05, 3.63) is 36.0 Å². The van der Waals surface area contributed by atoms with E-state index in [4.69, 9.17) is 10.9 Å². The lowest BCUT2D eigenvalue weighted by Gasteiger charge is -2.33. The zero-order valence-corrected chi connectivity index (χ0v) is 15.5. The van der Waals surface area contributed by atoms with Crippen molar-refractivity contribution in [1.29, 1.82) is 0 Å². The number of H-pyrrole nitrogens is 1. The maximum Gasteiger partial charge on any atom is 0.243 e. The van der Waals surface area contributed by atoms with Gasteiger partial charge in [-0.2, -0.15) is 0 Å². The average molecular weight is 372 g/mol. The largest absolute Gasteiger partial charge is 0.361 e. The minimum atomic E-state index is -0.533. The van der Waals surface area contributed by atoms with E-state index in [0.717, 1.165) is 55.2 Å². The molecule has 1 atom stereocenters. The molecule has 1 aliphatic rings. The monoisotopic (exact) mass is 372 g/mol. The van der Waals surface area contributed by atoms with E-state index in [0.29, 0.717) is 18.8 Å². The van der Waals surface area contributed by atoms with Gasteiger partial charge in [0, 0.05) is 36.6 Å². The van der Waals surface area contributed by atoms with Crippen LogP contribution in [0.1, 0.15) is 37.7 Å². The molecule has 0 saturated carbocycles. The second-order valence-electron chi connectivity index (χ2n) is 7.37. The molecule has 7 heteroatoms. The molecule has 3 rings (SSSR count). The fraction of sp³-hybridized carbons (Fsp3) is 0.500. The summed E-state index contributed by atoms with van der Waals surface area (Å²) in [5, 5.41) is 9.63. The second-order valence-corrected chi connectivity index (χ2v) is 7.37. The zero-order valence-electron chi connectivity index (χ0n) is 15.5. The molecule has 1 aromatic heterocycles. The van der Waals surface area contributed by atoms with Gasteiger partial charge in [-0.3, -0.25) is 14.8 Å². The van der Waals surface area contributed by atoms with Crippen LogP contribution in [-0.2, 0) is 16.0 Å². The number of aromatic nitrogens is 1. The Balaban J connectivity index is 1.46. The lowest BCUT2D eigenvalue weighted by molar-refractivity contribution is -0.134. The van der Waals surface area contributed by atoms with Crippen LogP contribution in [0, 0.1) is 5.92 Å². The summed E-state index contributed by atoms with van der Waals surface area (Å²) in [5.74, 6) is 0.189. The molecule has 1 saturated heterocycles. The zero-order chi connectivity index (χ0) is 19.2. The van der Waals surface area contributed by atoms with Crippen molar-refractivity contribution in [3.8, 4) is 0 Å². The van der Waals surface area contributed by atoms with Crippen molar-refractivity contribution >= 4 is 22.7 Å². The van der Waals surface area contributed by atoms with Gasteiger partial charge < -0.3 is 15.6 Å². The van der Waals surface area contributed by atoms with E-state index in [-0.39, 0.29) is 11.8 Å². The predicted molar refractivity (Wildman–Crippen MR) is 103 cm³/mol. The van der Waals surface area contributed by atoms with Crippen molar-refractivity contribution in [2.45, 2.75) is 44.6 Å². The lowest BCUT2D eigenvalue weighted by atomic mass is 9.91. The van der Waals surface area contributed by atoms with Crippen molar-refractivity contribution < 1.29 is 14.8 Å². The van der Waals surface area contributed by atoms with E-state index >= 15 is 0 Å². The van der Waals surface area contributed by atoms with Crippen LogP contribution in [-0.4, -0.2) is 46.0 Å². The first-order valence-electron chi connectivity index (χ1n) is 9.60. The van der Waals surface area contributed by atoms with Crippen LogP contribution in [0.15, 0.2) is 30.5 Å². The molecular formula is C20H28N4O3. The maximum absolute atomic E-state index is 12.7. The molecule has 5 N–H and O–H groups in total. The minimum absolute atomic E-state index is 0.0124. The summed E-state index contributed by atoms with van der Waals surface area (Å²) in [6, 6.07) is 7.49. The van der Waals surface area contributed by atoms with Gasteiger partial charge in [-0.15, -0.1) is 0 Å². The van der Waals surface area contributed by atoms with Gasteiger partial charge >= 0.3 is 0 Å². The molecule has 0 radical (unpaired) electrons. The van der Waals surface area contributed by atoms with Gasteiger partial charge in [-0.05, 0) is 49.7 Å². The van der Waals surface area contributed by atoms with Crippen LogP contribution in [0.4, 0.5) is 0 Å². The molecule has 0 spiro atoms. The number of nitrogens with two attached hydrogens (primary N) is 1. The third-order valence-corrected chi connectivity index (χ3v) is 5.50. The van der Waals surface area contributed by atoms with Gasteiger partial charge in [0.05, 0.1) is 6.04 Å². The number of para-hydroxylation sites is 1. The topological polar surface area (TPSA) is 111 Å². The molecule has 27 heavy (non-hydrogen) atoms. The molecule has 1 aromatic carbocycles. The van der Waals surface area contributed by atoms with Gasteiger partial charge in [-0.25, -0.2) is 5.48 Å². The number of hydroxylamine groups is 1. The molecule has 7 nitrogen and oxygen atoms in total. The van der Waals surface area contributed by atoms with Gasteiger partial charge in [0.25, 0.3) is 0 Å². The highest BCUT2D eigenvalue weighted by molar-refractivity contribution is 5.86. The number of nitrogens with one attached hydrogen (secondary N) is 2. The number of aromatic amines is 1. The average Bonchev–Trinajstić information content (AvgIpc) is 3.10. The fourth-order valence-corrected chi connectivity index (χ4v) is 3.91. The van der Waals surface area contributed by atoms with Crippen LogP contribution in [0.25, 0.3) is 10.9 Å². The Morgan fingerprint density at radius 2 is 2.04 bits per heavy atom. The number of hydrogen-bond donors (Lipinski definition) is 4. The minimum Gasteiger partial charge on any atom is -0.361 e. The molecule has 2 amide bonds. The summed E-state index contributed by atoms with van der Waals surface area (Å²) in [6.45, 7) is 1.44. The Hall–Kier alpha value is -2.38. The number of fused-ring (bicyclic) bond motifs is 1. The highest BCUT2D eigenvalue weighted by atomic mass is 16.5. The highest BCUT2D eigenvalue weighted by Crippen LogP contribution is 2.24. The summed E-state index contributed by atoms with van der Waals surface area (Å²) in [6.07, 6.45) is 6.37. The Bertz CT molecular complexity index is 780. The van der Waals surface area contributed by atoms with Gasteiger partial charge in [0.15, 0.2) is 0 Å². The third-order valence-electron chi connectivity index (χ3n) is 5.50. The smallest absolute Gasteiger partial charge is 0.243 e. The number of piperidine rings is 1. The molecule has 1 unspecified atom stereocenters. The van der Waals surface area contributed by atoms with Crippen LogP contribution in [0.2, 0.25) is 0 Å². The van der Waals surface area contributed by atoms with E-state index in [2.05, 4.69) is 4.98 Å². The number of benzene rings is 1. The third kappa shape index (κ3) is 4.87. The number of likely N-dealkylation sites (tertiary alicyclic amines) is 1. The normalized spacial score (nSPS) is 16.4. The molecule has 0 bridgehead atoms. The Labute approximate surface area is 158 Å². The van der Waals surface area contributed by atoms with Crippen LogP contribution >= 0.6 is 0 Å². The molecule has 0 aliphatic carbocycles. The maximum atomic E-state index is 12.7. The number of carbonyl (C=O) groups is 2. The number of amides is 2. The van der Waals surface area contributed by atoms with Crippen molar-refractivity contribution in [2.24, 2.45) is 11.7 Å². The molecular weight excluding hydrogens is 344 g/mol. The summed E-state index contributed by atoms with van der Waals surface area (Å²) < 4.78 is 0. The first-order chi connectivity index (χ1) is 13.1. The quantitative estimate of drug-likeness (QED) is 0.440. The second kappa shape index (κ2) is 9.01. The van der Waals surface area contributed by atoms with Gasteiger partial charge in [0.2, 0.25) is 11.8 Å². The highest BCUT2D eigenvalue weighted by Gasteiger charge is 2.26. The van der Waals surface area contributed by atoms with Gasteiger partial charge in [-0.1, -0.05) is 18.2 Å². The van der Waals surface area contributed by atoms with Crippen LogP contribution < -0.4 is 11.2 Å². The number of nitrogens with zero attached hydrogens (tertiary/aromatic N) is 1. The molecule has 2 aromatic rings. The number of carbonyl (C=O) groups excluding carboxylic acids is 2. The molecule has 1 aliphatic heterocycles. The van der Waals surface area contributed by atoms with E-state index in [1.54, 1.807) is 5.48 Å². The van der Waals surface area contributed by atoms with Gasteiger partial charge in [0.1, 0.15) is 0 Å². The van der Waals surface area contributed by atoms with Crippen LogP contribution in [0.3, 0.4) is 0 Å². The standard InChI is InChI=1S/C20H28N4O3/c21-17(12-15-13-22-18-6-2-1-5-16(15)18)20(26)24-10-8-14(9-11-24)4-3-7-19(25)23-27/h1-2,5-6,13-14,17,22,27H,3-4,7-12,21H2,(H,23,25). The molecule has 2 heterocycles. The summed E-state index contributed by atoms with van der Waals surface area (Å²) in [5.41, 5.74) is 10.0. The number of rotatable bonds is 7. The first kappa shape index (κ1) is 19.4. The van der Waals surface area contributed by atoms with Crippen molar-refractivity contribution in [2.75, 3.05) is 13.1 Å². The Morgan fingerprint density at radius 3 is 2.78 bits per heavy atom. The molecule has 1 fully saturated rings. The van der Waals surface area contributed by atoms with E-state index < -0.39 is 6.04 Å². The van der Waals surface area contributed by atoms with Crippen molar-refractivity contribution in [1.82, 2.24) is 15.4 Å². The van der Waals surface area contributed by atoms with Crippen molar-refractivity contribution in [3.63, 3.8) is 0 Å². The van der Waals surface area contributed by atoms with Crippen LogP contribution in [0.5, 0.6) is 0 Å². The van der Waals surface area contributed by atoms with E-state index in [9.17, 15) is 9.59 Å². The fourth-order valence-electron chi connectivity index (χ4n) is 3.91. The predicted octanol–water partition coefficient (Wildman–Crippen LogP) is 1.95.